The fourth-order valence-corrected chi connectivity index (χ4v) is 0.997. The fourth-order valence-electron chi connectivity index (χ4n) is 0.997. The Labute approximate surface area is 78.9 Å². The van der Waals surface area contributed by atoms with Crippen LogP contribution >= 0.6 is 0 Å². The van der Waals surface area contributed by atoms with Gasteiger partial charge < -0.3 is 15.2 Å². The minimum atomic E-state index is -0.876. The van der Waals surface area contributed by atoms with Gasteiger partial charge in [-0.25, -0.2) is 4.98 Å². The number of hydrogen-bond acceptors (Lipinski definition) is 4. The Kier molecular flexibility index (Phi) is 3.16. The van der Waals surface area contributed by atoms with Gasteiger partial charge in [0.05, 0.1) is 0 Å². The molecule has 0 saturated heterocycles. The van der Waals surface area contributed by atoms with Gasteiger partial charge in [0, 0.05) is 12.8 Å². The molecule has 0 aromatic carbocycles. The Morgan fingerprint density at radius 2 is 2.43 bits per heavy atom. The third-order valence-corrected chi connectivity index (χ3v) is 1.62. The number of aromatic nitrogens is 2. The van der Waals surface area contributed by atoms with Crippen LogP contribution in [0.15, 0.2) is 6.20 Å². The maximum Gasteiger partial charge on any atom is 0.432 e. The second-order valence-corrected chi connectivity index (χ2v) is 2.74. The van der Waals surface area contributed by atoms with Gasteiger partial charge in [0.25, 0.3) is 0 Å². The average Bonchev–Trinajstić information content (AvgIpc) is 2.52. The van der Waals surface area contributed by atoms with Crippen LogP contribution in [-0.4, -0.2) is 26.0 Å². The summed E-state index contributed by atoms with van der Waals surface area (Å²) in [7, 11) is 0. The molecule has 0 aliphatic heterocycles. The molecule has 0 bridgehead atoms. The van der Waals surface area contributed by atoms with E-state index in [1.54, 1.807) is 0 Å². The molecule has 76 valence electrons. The predicted molar refractivity (Wildman–Crippen MR) is 45.8 cm³/mol. The van der Waals surface area contributed by atoms with E-state index in [4.69, 9.17) is 5.11 Å². The normalized spacial score (nSPS) is 10.0. The highest BCUT2D eigenvalue weighted by molar-refractivity contribution is 5.66. The minimum Gasteiger partial charge on any atom is -0.481 e. The lowest BCUT2D eigenvalue weighted by Crippen LogP contribution is -1.96. The van der Waals surface area contributed by atoms with E-state index >= 15 is 0 Å². The lowest BCUT2D eigenvalue weighted by molar-refractivity contribution is -0.393. The summed E-state index contributed by atoms with van der Waals surface area (Å²) in [6.45, 7) is 0. The van der Waals surface area contributed by atoms with Crippen molar-refractivity contribution >= 4 is 11.9 Å². The molecule has 0 fully saturated rings. The third kappa shape index (κ3) is 2.85. The predicted octanol–water partition coefficient (Wildman–Crippen LogP) is 0.725. The maximum absolute atomic E-state index is 10.2. The number of nitro groups is 1. The number of rotatable bonds is 5. The summed E-state index contributed by atoms with van der Waals surface area (Å²) in [5.41, 5.74) is 0.581. The molecule has 0 atom stereocenters. The molecule has 0 radical (unpaired) electrons. The first-order chi connectivity index (χ1) is 6.59. The van der Waals surface area contributed by atoms with Gasteiger partial charge in [0.1, 0.15) is 11.9 Å². The monoisotopic (exact) mass is 199 g/mol. The van der Waals surface area contributed by atoms with Crippen LogP contribution in [0.3, 0.4) is 0 Å². The summed E-state index contributed by atoms with van der Waals surface area (Å²) in [6, 6.07) is 0. The molecule has 1 rings (SSSR count). The van der Waals surface area contributed by atoms with E-state index in [1.165, 1.54) is 6.20 Å². The number of aromatic amines is 1. The van der Waals surface area contributed by atoms with Crippen LogP contribution in [0.25, 0.3) is 0 Å². The van der Waals surface area contributed by atoms with Gasteiger partial charge in [-0.3, -0.25) is 4.79 Å². The highest BCUT2D eigenvalue weighted by Gasteiger charge is 2.10. The molecular formula is C7H9N3O4. The zero-order valence-corrected chi connectivity index (χ0v) is 7.27. The zero-order valence-electron chi connectivity index (χ0n) is 7.27. The summed E-state index contributed by atoms with van der Waals surface area (Å²) in [4.78, 5) is 25.8. The molecule has 7 heteroatoms. The summed E-state index contributed by atoms with van der Waals surface area (Å²) in [5, 5.41) is 18.6. The Balaban J connectivity index is 2.44. The number of H-pyrrole nitrogens is 1. The Bertz CT molecular complexity index is 346. The molecular weight excluding hydrogens is 190 g/mol. The van der Waals surface area contributed by atoms with E-state index in [-0.39, 0.29) is 12.4 Å². The van der Waals surface area contributed by atoms with Crippen molar-refractivity contribution in [1.29, 1.82) is 0 Å². The highest BCUT2D eigenvalue weighted by atomic mass is 16.6. The van der Waals surface area contributed by atoms with E-state index in [0.29, 0.717) is 18.5 Å². The number of carboxylic acids is 1. The molecule has 0 aliphatic carbocycles. The van der Waals surface area contributed by atoms with Gasteiger partial charge in [0.15, 0.2) is 0 Å². The van der Waals surface area contributed by atoms with E-state index in [9.17, 15) is 14.9 Å². The number of hydrogen-bond donors (Lipinski definition) is 2. The summed E-state index contributed by atoms with van der Waals surface area (Å²) < 4.78 is 0. The van der Waals surface area contributed by atoms with Crippen molar-refractivity contribution in [3.63, 3.8) is 0 Å². The fraction of sp³-hybridized carbons (Fsp3) is 0.429. The molecule has 0 spiro atoms. The van der Waals surface area contributed by atoms with Crippen LogP contribution in [0.4, 0.5) is 5.95 Å². The van der Waals surface area contributed by atoms with Crippen molar-refractivity contribution in [1.82, 2.24) is 9.97 Å². The Morgan fingerprint density at radius 1 is 1.71 bits per heavy atom. The maximum atomic E-state index is 10.2. The van der Waals surface area contributed by atoms with Crippen LogP contribution in [0, 0.1) is 10.1 Å². The van der Waals surface area contributed by atoms with Gasteiger partial charge in [0.2, 0.25) is 0 Å². The molecule has 0 aliphatic rings. The Hall–Kier alpha value is -1.92. The summed E-state index contributed by atoms with van der Waals surface area (Å²) in [5.74, 6) is -1.19. The van der Waals surface area contributed by atoms with Crippen molar-refractivity contribution in [3.8, 4) is 0 Å². The van der Waals surface area contributed by atoms with Crippen LogP contribution < -0.4 is 0 Å². The van der Waals surface area contributed by atoms with Crippen LogP contribution in [0.5, 0.6) is 0 Å². The quantitative estimate of drug-likeness (QED) is 0.536. The molecule has 1 aromatic heterocycles. The van der Waals surface area contributed by atoms with Crippen molar-refractivity contribution in [2.24, 2.45) is 0 Å². The van der Waals surface area contributed by atoms with Gasteiger partial charge in [-0.05, 0) is 11.3 Å². The molecule has 7 nitrogen and oxygen atoms in total. The topological polar surface area (TPSA) is 109 Å². The van der Waals surface area contributed by atoms with E-state index in [0.717, 1.165) is 0 Å². The zero-order chi connectivity index (χ0) is 10.6. The number of nitrogens with zero attached hydrogens (tertiary/aromatic N) is 2. The summed E-state index contributed by atoms with van der Waals surface area (Å²) in [6.07, 6.45) is 2.29. The number of aryl methyl sites for hydroxylation is 1. The average molecular weight is 199 g/mol. The number of carboxylic acid groups (broad SMARTS) is 1. The number of aliphatic carboxylic acids is 1. The second kappa shape index (κ2) is 4.35. The van der Waals surface area contributed by atoms with Crippen molar-refractivity contribution < 1.29 is 14.8 Å². The molecule has 14 heavy (non-hydrogen) atoms. The second-order valence-electron chi connectivity index (χ2n) is 2.74. The first kappa shape index (κ1) is 10.2. The van der Waals surface area contributed by atoms with E-state index in [1.807, 2.05) is 0 Å². The van der Waals surface area contributed by atoms with Gasteiger partial charge in [-0.15, -0.1) is 0 Å². The molecule has 0 saturated carbocycles. The third-order valence-electron chi connectivity index (χ3n) is 1.62. The molecule has 2 N–H and O–H groups in total. The van der Waals surface area contributed by atoms with Crippen molar-refractivity contribution in [2.45, 2.75) is 19.3 Å². The van der Waals surface area contributed by atoms with Crippen molar-refractivity contribution in [3.05, 3.63) is 22.0 Å². The molecule has 1 heterocycles. The molecule has 0 unspecified atom stereocenters. The van der Waals surface area contributed by atoms with Gasteiger partial charge in [-0.2, -0.15) is 0 Å². The van der Waals surface area contributed by atoms with Crippen LogP contribution in [0.1, 0.15) is 18.5 Å². The van der Waals surface area contributed by atoms with Gasteiger partial charge in [-0.1, -0.05) is 4.98 Å². The lowest BCUT2D eigenvalue weighted by Gasteiger charge is -1.91. The van der Waals surface area contributed by atoms with E-state index < -0.39 is 10.9 Å². The van der Waals surface area contributed by atoms with Crippen LogP contribution in [-0.2, 0) is 11.2 Å². The smallest absolute Gasteiger partial charge is 0.432 e. The minimum absolute atomic E-state index is 0.0484. The highest BCUT2D eigenvalue weighted by Crippen LogP contribution is 2.07. The standard InChI is InChI=1S/C7H9N3O4/c11-6(12)3-1-2-5-4-8-7(9-5)10(13)14/h4H,1-3H2,(H,8,9)(H,11,12). The summed E-state index contributed by atoms with van der Waals surface area (Å²) >= 11 is 0. The van der Waals surface area contributed by atoms with Crippen molar-refractivity contribution in [2.75, 3.05) is 0 Å². The lowest BCUT2D eigenvalue weighted by atomic mass is 10.2. The van der Waals surface area contributed by atoms with E-state index in [2.05, 4.69) is 9.97 Å². The first-order valence-corrected chi connectivity index (χ1v) is 3.99. The van der Waals surface area contributed by atoms with Crippen LogP contribution in [0.2, 0.25) is 0 Å². The Morgan fingerprint density at radius 3 is 2.93 bits per heavy atom. The molecule has 0 amide bonds. The number of carbonyl (C=O) groups is 1. The molecule has 1 aromatic rings. The van der Waals surface area contributed by atoms with Gasteiger partial charge >= 0.3 is 11.9 Å². The first-order valence-electron chi connectivity index (χ1n) is 3.99. The largest absolute Gasteiger partial charge is 0.481 e. The number of imidazole rings is 1. The number of nitrogens with one attached hydrogen (secondary N) is 1. The SMILES string of the molecule is O=C(O)CCCc1cnc([N+](=O)[O-])[nH]1.